The lowest BCUT2D eigenvalue weighted by Crippen LogP contribution is -2.16. The smallest absolute Gasteiger partial charge is 0.340 e. The second-order valence-electron chi connectivity index (χ2n) is 4.99. The van der Waals surface area contributed by atoms with Gasteiger partial charge >= 0.3 is 11.6 Å². The van der Waals surface area contributed by atoms with Crippen LogP contribution in [0, 0.1) is 6.92 Å². The summed E-state index contributed by atoms with van der Waals surface area (Å²) in [6.45, 7) is 1.86. The third-order valence-corrected chi connectivity index (χ3v) is 3.54. The molecule has 0 aliphatic carbocycles. The van der Waals surface area contributed by atoms with Crippen molar-refractivity contribution < 1.29 is 18.7 Å². The standard InChI is InChI=1S/C15H13N4O5/c1-8-10-4-3-9(23-7-13-16-18-19-17-13)5-12(10)24-15(21)11(8)6-14(20)22-2/h3-5H,6-7H2,1-2H3/q-1. The van der Waals surface area contributed by atoms with Gasteiger partial charge in [-0.1, -0.05) is 0 Å². The molecule has 3 aromatic rings. The Morgan fingerprint density at radius 2 is 2.21 bits per heavy atom. The average molecular weight is 329 g/mol. The fourth-order valence-corrected chi connectivity index (χ4v) is 2.25. The van der Waals surface area contributed by atoms with Gasteiger partial charge in [-0.2, -0.15) is 5.21 Å². The molecule has 9 heteroatoms. The first kappa shape index (κ1) is 15.7. The minimum absolute atomic E-state index is 0.0994. The molecule has 0 saturated heterocycles. The number of hydrogen-bond donors (Lipinski definition) is 0. The molecule has 0 bridgehead atoms. The Morgan fingerprint density at radius 1 is 1.38 bits per heavy atom. The maximum Gasteiger partial charge on any atom is 0.340 e. The molecular weight excluding hydrogens is 316 g/mol. The van der Waals surface area contributed by atoms with Crippen molar-refractivity contribution in [3.05, 3.63) is 45.6 Å². The van der Waals surface area contributed by atoms with Crippen LogP contribution in [-0.2, 0) is 22.6 Å². The highest BCUT2D eigenvalue weighted by Crippen LogP contribution is 2.24. The minimum Gasteiger partial charge on any atom is -0.488 e. The SMILES string of the molecule is COC(=O)Cc1c(C)c2ccc(OCc3nnn[n-]3)cc2oc1=O. The molecular formula is C15H13N4O5-. The summed E-state index contributed by atoms with van der Waals surface area (Å²) in [4.78, 5) is 23.5. The zero-order chi connectivity index (χ0) is 17.1. The molecule has 2 aromatic heterocycles. The maximum absolute atomic E-state index is 12.1. The van der Waals surface area contributed by atoms with Gasteiger partial charge in [0.1, 0.15) is 17.9 Å². The molecule has 0 spiro atoms. The Hall–Kier alpha value is -3.23. The number of ether oxygens (including phenoxy) is 2. The van der Waals surface area contributed by atoms with E-state index in [1.807, 2.05) is 0 Å². The molecule has 0 saturated carbocycles. The summed E-state index contributed by atoms with van der Waals surface area (Å²) in [6.07, 6.45) is -0.132. The zero-order valence-corrected chi connectivity index (χ0v) is 13.0. The largest absolute Gasteiger partial charge is 0.488 e. The summed E-state index contributed by atoms with van der Waals surface area (Å²) < 4.78 is 15.4. The van der Waals surface area contributed by atoms with E-state index in [2.05, 4.69) is 25.4 Å². The minimum atomic E-state index is -0.574. The van der Waals surface area contributed by atoms with Gasteiger partial charge in [-0.15, -0.1) is 0 Å². The number of aryl methyl sites for hydroxylation is 1. The van der Waals surface area contributed by atoms with E-state index in [-0.39, 0.29) is 18.6 Å². The number of carbonyl (C=O) groups excluding carboxylic acids is 1. The van der Waals surface area contributed by atoms with Crippen molar-refractivity contribution in [2.24, 2.45) is 0 Å². The summed E-state index contributed by atoms with van der Waals surface area (Å²) in [7, 11) is 1.27. The lowest BCUT2D eigenvalue weighted by atomic mass is 10.0. The molecule has 0 N–H and O–H groups in total. The molecule has 0 atom stereocenters. The van der Waals surface area contributed by atoms with Crippen LogP contribution in [0.25, 0.3) is 11.0 Å². The highest BCUT2D eigenvalue weighted by atomic mass is 16.5. The normalized spacial score (nSPS) is 10.8. The molecule has 0 aliphatic rings. The van der Waals surface area contributed by atoms with Gasteiger partial charge in [-0.3, -0.25) is 15.1 Å². The molecule has 3 rings (SSSR count). The molecule has 0 aliphatic heterocycles. The monoisotopic (exact) mass is 329 g/mol. The highest BCUT2D eigenvalue weighted by molar-refractivity contribution is 5.84. The van der Waals surface area contributed by atoms with Gasteiger partial charge in [0.25, 0.3) is 0 Å². The second kappa shape index (κ2) is 6.49. The van der Waals surface area contributed by atoms with Gasteiger partial charge in [-0.25, -0.2) is 4.79 Å². The predicted molar refractivity (Wildman–Crippen MR) is 80.4 cm³/mol. The van der Waals surface area contributed by atoms with Crippen molar-refractivity contribution >= 4 is 16.9 Å². The van der Waals surface area contributed by atoms with Gasteiger partial charge in [0, 0.05) is 17.3 Å². The third kappa shape index (κ3) is 3.09. The Labute approximate surface area is 135 Å². The van der Waals surface area contributed by atoms with Crippen molar-refractivity contribution in [2.45, 2.75) is 20.0 Å². The lowest BCUT2D eigenvalue weighted by molar-refractivity contribution is -0.139. The molecule has 0 radical (unpaired) electrons. The van der Waals surface area contributed by atoms with Crippen molar-refractivity contribution in [3.8, 4) is 5.75 Å². The van der Waals surface area contributed by atoms with Crippen LogP contribution in [0.5, 0.6) is 5.75 Å². The molecule has 0 amide bonds. The summed E-state index contributed by atoms with van der Waals surface area (Å²) in [5.74, 6) is 0.332. The second-order valence-corrected chi connectivity index (χ2v) is 4.99. The van der Waals surface area contributed by atoms with Gasteiger partial charge in [0.05, 0.1) is 19.1 Å². The number of hydrogen-bond acceptors (Lipinski definition) is 8. The van der Waals surface area contributed by atoms with Crippen LogP contribution in [0.3, 0.4) is 0 Å². The van der Waals surface area contributed by atoms with Crippen LogP contribution >= 0.6 is 0 Å². The van der Waals surface area contributed by atoms with Crippen molar-refractivity contribution in [1.29, 1.82) is 0 Å². The number of nitrogens with zero attached hydrogens (tertiary/aromatic N) is 4. The Kier molecular flexibility index (Phi) is 4.23. The lowest BCUT2D eigenvalue weighted by Gasteiger charge is -2.09. The average Bonchev–Trinajstić information content (AvgIpc) is 3.09. The first-order valence-corrected chi connectivity index (χ1v) is 7.02. The maximum atomic E-state index is 12.1. The van der Waals surface area contributed by atoms with Gasteiger partial charge in [0.2, 0.25) is 0 Å². The van der Waals surface area contributed by atoms with Crippen LogP contribution in [0.4, 0.5) is 0 Å². The molecule has 2 heterocycles. The summed E-state index contributed by atoms with van der Waals surface area (Å²) >= 11 is 0. The van der Waals surface area contributed by atoms with Crippen molar-refractivity contribution in [2.75, 3.05) is 7.11 Å². The van der Waals surface area contributed by atoms with E-state index < -0.39 is 11.6 Å². The number of fused-ring (bicyclic) bond motifs is 1. The Bertz CT molecular complexity index is 933. The fourth-order valence-electron chi connectivity index (χ4n) is 2.25. The van der Waals surface area contributed by atoms with E-state index in [4.69, 9.17) is 9.15 Å². The molecule has 1 aromatic carbocycles. The highest BCUT2D eigenvalue weighted by Gasteiger charge is 2.15. The number of aromatic nitrogens is 4. The third-order valence-electron chi connectivity index (χ3n) is 3.54. The summed E-state index contributed by atoms with van der Waals surface area (Å²) in [6, 6.07) is 5.07. The molecule has 124 valence electrons. The van der Waals surface area contributed by atoms with Crippen molar-refractivity contribution in [1.82, 2.24) is 20.6 Å². The summed E-state index contributed by atoms with van der Waals surface area (Å²) in [5, 5.41) is 14.7. The number of rotatable bonds is 5. The number of tetrazole rings is 1. The number of esters is 1. The van der Waals surface area contributed by atoms with E-state index >= 15 is 0 Å². The van der Waals surface area contributed by atoms with E-state index in [1.165, 1.54) is 7.11 Å². The molecule has 0 unspecified atom stereocenters. The van der Waals surface area contributed by atoms with Crippen LogP contribution in [0.2, 0.25) is 0 Å². The number of methoxy groups -OCH3 is 1. The van der Waals surface area contributed by atoms with E-state index in [1.54, 1.807) is 25.1 Å². The van der Waals surface area contributed by atoms with E-state index in [0.29, 0.717) is 28.1 Å². The molecule has 24 heavy (non-hydrogen) atoms. The molecule has 0 fully saturated rings. The van der Waals surface area contributed by atoms with Crippen LogP contribution in [0.1, 0.15) is 17.0 Å². The number of carbonyl (C=O) groups is 1. The number of benzene rings is 1. The first-order chi connectivity index (χ1) is 11.6. The van der Waals surface area contributed by atoms with Gasteiger partial charge < -0.3 is 19.0 Å². The Balaban J connectivity index is 1.91. The van der Waals surface area contributed by atoms with Gasteiger partial charge in [0.15, 0.2) is 0 Å². The van der Waals surface area contributed by atoms with Crippen LogP contribution < -0.4 is 15.5 Å². The van der Waals surface area contributed by atoms with E-state index in [0.717, 1.165) is 0 Å². The quantitative estimate of drug-likeness (QED) is 0.488. The van der Waals surface area contributed by atoms with E-state index in [9.17, 15) is 9.59 Å². The first-order valence-electron chi connectivity index (χ1n) is 7.02. The summed E-state index contributed by atoms with van der Waals surface area (Å²) in [5.41, 5.74) is 0.745. The van der Waals surface area contributed by atoms with Crippen LogP contribution in [-0.4, -0.2) is 28.6 Å². The van der Waals surface area contributed by atoms with Gasteiger partial charge in [-0.05, 0) is 24.6 Å². The predicted octanol–water partition coefficient (Wildman–Crippen LogP) is 0.538. The fraction of sp³-hybridized carbons (Fsp3) is 0.267. The Morgan fingerprint density at radius 3 is 2.92 bits per heavy atom. The van der Waals surface area contributed by atoms with Crippen LogP contribution in [0.15, 0.2) is 27.4 Å². The topological polar surface area (TPSA) is 119 Å². The zero-order valence-electron chi connectivity index (χ0n) is 13.0. The van der Waals surface area contributed by atoms with Crippen molar-refractivity contribution in [3.63, 3.8) is 0 Å². The molecule has 9 nitrogen and oxygen atoms in total.